The topological polar surface area (TPSA) is 59.5 Å². The SMILES string of the molecule is Cc1ncccc1CON1C(=O)c2ccccc2C1=O. The Morgan fingerprint density at radius 2 is 1.70 bits per heavy atom. The second-order valence-corrected chi connectivity index (χ2v) is 4.47. The Morgan fingerprint density at radius 3 is 2.30 bits per heavy atom. The minimum atomic E-state index is -0.424. The summed E-state index contributed by atoms with van der Waals surface area (Å²) >= 11 is 0. The minimum absolute atomic E-state index is 0.130. The lowest BCUT2D eigenvalue weighted by Crippen LogP contribution is -2.29. The Labute approximate surface area is 115 Å². The summed E-state index contributed by atoms with van der Waals surface area (Å²) in [6.45, 7) is 1.98. The van der Waals surface area contributed by atoms with Crippen LogP contribution in [0.1, 0.15) is 32.0 Å². The summed E-state index contributed by atoms with van der Waals surface area (Å²) in [7, 11) is 0. The van der Waals surface area contributed by atoms with Crippen LogP contribution < -0.4 is 0 Å². The van der Waals surface area contributed by atoms with Crippen LogP contribution in [0.5, 0.6) is 0 Å². The minimum Gasteiger partial charge on any atom is -0.266 e. The van der Waals surface area contributed by atoms with Crippen molar-refractivity contribution >= 4 is 11.8 Å². The molecule has 5 heteroatoms. The van der Waals surface area contributed by atoms with Gasteiger partial charge in [-0.1, -0.05) is 18.2 Å². The molecular weight excluding hydrogens is 256 g/mol. The molecule has 0 unspecified atom stereocenters. The van der Waals surface area contributed by atoms with Crippen LogP contribution >= 0.6 is 0 Å². The van der Waals surface area contributed by atoms with E-state index in [1.807, 2.05) is 13.0 Å². The molecular formula is C15H12N2O3. The summed E-state index contributed by atoms with van der Waals surface area (Å²) in [6, 6.07) is 10.3. The molecule has 1 aromatic heterocycles. The number of rotatable bonds is 3. The molecule has 1 aliphatic rings. The van der Waals surface area contributed by atoms with Gasteiger partial charge in [0.15, 0.2) is 0 Å². The molecule has 0 aliphatic carbocycles. The van der Waals surface area contributed by atoms with E-state index in [4.69, 9.17) is 4.84 Å². The molecule has 0 saturated carbocycles. The van der Waals surface area contributed by atoms with Gasteiger partial charge in [0.1, 0.15) is 6.61 Å². The number of imide groups is 1. The van der Waals surface area contributed by atoms with E-state index in [0.717, 1.165) is 16.3 Å². The van der Waals surface area contributed by atoms with E-state index < -0.39 is 11.8 Å². The zero-order valence-electron chi connectivity index (χ0n) is 10.9. The van der Waals surface area contributed by atoms with Gasteiger partial charge in [-0.2, -0.15) is 0 Å². The fraction of sp³-hybridized carbons (Fsp3) is 0.133. The van der Waals surface area contributed by atoms with E-state index >= 15 is 0 Å². The Balaban J connectivity index is 1.79. The number of amides is 2. The largest absolute Gasteiger partial charge is 0.285 e. The number of nitrogens with zero attached hydrogens (tertiary/aromatic N) is 2. The van der Waals surface area contributed by atoms with Gasteiger partial charge in [-0.25, -0.2) is 0 Å². The van der Waals surface area contributed by atoms with E-state index in [1.165, 1.54) is 0 Å². The Hall–Kier alpha value is -2.53. The zero-order valence-corrected chi connectivity index (χ0v) is 10.9. The predicted octanol–water partition coefficient (Wildman–Crippen LogP) is 2.12. The van der Waals surface area contributed by atoms with E-state index in [-0.39, 0.29) is 6.61 Å². The summed E-state index contributed by atoms with van der Waals surface area (Å²) in [5.41, 5.74) is 2.40. The summed E-state index contributed by atoms with van der Waals surface area (Å²) in [5, 5.41) is 0.817. The first-order valence-corrected chi connectivity index (χ1v) is 6.19. The Bertz CT molecular complexity index is 662. The van der Waals surface area contributed by atoms with Crippen molar-refractivity contribution in [2.45, 2.75) is 13.5 Å². The molecule has 0 fully saturated rings. The van der Waals surface area contributed by atoms with Gasteiger partial charge in [0.2, 0.25) is 0 Å². The van der Waals surface area contributed by atoms with E-state index in [9.17, 15) is 9.59 Å². The Morgan fingerprint density at radius 1 is 1.05 bits per heavy atom. The highest BCUT2D eigenvalue weighted by molar-refractivity contribution is 6.20. The zero-order chi connectivity index (χ0) is 14.1. The van der Waals surface area contributed by atoms with Crippen molar-refractivity contribution < 1.29 is 14.4 Å². The first-order valence-electron chi connectivity index (χ1n) is 6.19. The van der Waals surface area contributed by atoms with Gasteiger partial charge >= 0.3 is 0 Å². The van der Waals surface area contributed by atoms with Crippen molar-refractivity contribution in [1.29, 1.82) is 0 Å². The van der Waals surface area contributed by atoms with Gasteiger partial charge in [0.25, 0.3) is 11.8 Å². The second-order valence-electron chi connectivity index (χ2n) is 4.47. The molecule has 0 radical (unpaired) electrons. The van der Waals surface area contributed by atoms with Crippen molar-refractivity contribution in [1.82, 2.24) is 10.0 Å². The number of hydrogen-bond acceptors (Lipinski definition) is 4. The van der Waals surface area contributed by atoms with Crippen molar-refractivity contribution in [3.63, 3.8) is 0 Å². The van der Waals surface area contributed by atoms with Crippen LogP contribution in [-0.2, 0) is 11.4 Å². The van der Waals surface area contributed by atoms with Crippen LogP contribution in [0.2, 0.25) is 0 Å². The number of fused-ring (bicyclic) bond motifs is 1. The van der Waals surface area contributed by atoms with Gasteiger partial charge in [-0.05, 0) is 25.1 Å². The third-order valence-electron chi connectivity index (χ3n) is 3.22. The number of aryl methyl sites for hydroxylation is 1. The third-order valence-corrected chi connectivity index (χ3v) is 3.22. The van der Waals surface area contributed by atoms with Gasteiger partial charge in [-0.3, -0.25) is 19.4 Å². The van der Waals surface area contributed by atoms with Gasteiger partial charge in [0.05, 0.1) is 11.1 Å². The van der Waals surface area contributed by atoms with Crippen LogP contribution in [0.15, 0.2) is 42.6 Å². The number of hydrogen-bond donors (Lipinski definition) is 0. The van der Waals surface area contributed by atoms with Crippen LogP contribution in [0.4, 0.5) is 0 Å². The second kappa shape index (κ2) is 4.86. The molecule has 2 heterocycles. The smallest absolute Gasteiger partial charge is 0.266 e. The molecule has 0 saturated heterocycles. The number of pyridine rings is 1. The number of hydroxylamine groups is 2. The molecule has 1 aromatic carbocycles. The standard InChI is InChI=1S/C15H12N2O3/c1-10-11(5-4-8-16-10)9-20-17-14(18)12-6-2-3-7-13(12)15(17)19/h2-8H,9H2,1H3. The van der Waals surface area contributed by atoms with Crippen molar-refractivity contribution in [2.24, 2.45) is 0 Å². The number of carbonyl (C=O) groups is 2. The van der Waals surface area contributed by atoms with E-state index in [1.54, 1.807) is 36.5 Å². The summed E-state index contributed by atoms with van der Waals surface area (Å²) in [5.74, 6) is -0.848. The first-order chi connectivity index (χ1) is 9.68. The number of carbonyl (C=O) groups excluding carboxylic acids is 2. The molecule has 0 atom stereocenters. The van der Waals surface area contributed by atoms with Crippen LogP contribution in [0, 0.1) is 6.92 Å². The maximum Gasteiger partial charge on any atom is 0.285 e. The summed E-state index contributed by atoms with van der Waals surface area (Å²) < 4.78 is 0. The maximum atomic E-state index is 12.1. The lowest BCUT2D eigenvalue weighted by molar-refractivity contribution is -0.101. The molecule has 2 amide bonds. The maximum absolute atomic E-state index is 12.1. The van der Waals surface area contributed by atoms with Gasteiger partial charge in [0, 0.05) is 17.5 Å². The Kier molecular flexibility index (Phi) is 3.04. The predicted molar refractivity (Wildman–Crippen MR) is 70.7 cm³/mol. The van der Waals surface area contributed by atoms with Crippen LogP contribution in [-0.4, -0.2) is 21.9 Å². The molecule has 0 spiro atoms. The third kappa shape index (κ3) is 1.98. The fourth-order valence-electron chi connectivity index (χ4n) is 2.09. The van der Waals surface area contributed by atoms with Gasteiger partial charge < -0.3 is 0 Å². The van der Waals surface area contributed by atoms with Crippen molar-refractivity contribution in [3.8, 4) is 0 Å². The molecule has 20 heavy (non-hydrogen) atoms. The molecule has 0 bridgehead atoms. The summed E-state index contributed by atoms with van der Waals surface area (Å²) in [6.07, 6.45) is 1.68. The lowest BCUT2D eigenvalue weighted by atomic mass is 10.1. The first kappa shape index (κ1) is 12.5. The quantitative estimate of drug-likeness (QED) is 0.800. The number of aromatic nitrogens is 1. The highest BCUT2D eigenvalue weighted by Gasteiger charge is 2.36. The molecule has 5 nitrogen and oxygen atoms in total. The summed E-state index contributed by atoms with van der Waals surface area (Å²) in [4.78, 5) is 33.7. The highest BCUT2D eigenvalue weighted by Crippen LogP contribution is 2.23. The monoisotopic (exact) mass is 268 g/mol. The number of benzene rings is 1. The average molecular weight is 268 g/mol. The molecule has 100 valence electrons. The van der Waals surface area contributed by atoms with Crippen molar-refractivity contribution in [2.75, 3.05) is 0 Å². The molecule has 2 aromatic rings. The lowest BCUT2D eigenvalue weighted by Gasteiger charge is -2.13. The highest BCUT2D eigenvalue weighted by atomic mass is 16.7. The van der Waals surface area contributed by atoms with Crippen LogP contribution in [0.25, 0.3) is 0 Å². The molecule has 0 N–H and O–H groups in total. The fourth-order valence-corrected chi connectivity index (χ4v) is 2.09. The van der Waals surface area contributed by atoms with Crippen molar-refractivity contribution in [3.05, 3.63) is 65.0 Å². The molecule has 3 rings (SSSR count). The van der Waals surface area contributed by atoms with Gasteiger partial charge in [-0.15, -0.1) is 5.06 Å². The van der Waals surface area contributed by atoms with Crippen LogP contribution in [0.3, 0.4) is 0 Å². The van der Waals surface area contributed by atoms with E-state index in [0.29, 0.717) is 11.1 Å². The normalized spacial score (nSPS) is 13.8. The average Bonchev–Trinajstić information content (AvgIpc) is 2.71. The molecule has 1 aliphatic heterocycles. The van der Waals surface area contributed by atoms with E-state index in [2.05, 4.69) is 4.98 Å².